The molecule has 1 atom stereocenters. The third-order valence-electron chi connectivity index (χ3n) is 4.54. The molecule has 0 aliphatic rings. The van der Waals surface area contributed by atoms with E-state index in [1.54, 1.807) is 0 Å². The summed E-state index contributed by atoms with van der Waals surface area (Å²) < 4.78 is 28.7. The molecule has 0 saturated heterocycles. The molecular formula is C23H34IN3O3S. The molecule has 0 saturated carbocycles. The molecule has 172 valence electrons. The number of hydrogen-bond acceptors (Lipinski definition) is 4. The van der Waals surface area contributed by atoms with Gasteiger partial charge in [-0.05, 0) is 37.0 Å². The molecule has 2 rings (SSSR count). The van der Waals surface area contributed by atoms with Gasteiger partial charge in [-0.25, -0.2) is 13.4 Å². The molecule has 0 bridgehead atoms. The summed E-state index contributed by atoms with van der Waals surface area (Å²) in [6.07, 6.45) is 1.79. The smallest absolute Gasteiger partial charge is 0.191 e. The van der Waals surface area contributed by atoms with Crippen molar-refractivity contribution in [3.05, 3.63) is 71.3 Å². The predicted molar refractivity (Wildman–Crippen MR) is 139 cm³/mol. The van der Waals surface area contributed by atoms with Crippen LogP contribution < -0.4 is 10.6 Å². The Bertz CT molecular complexity index is 905. The number of sulfone groups is 1. The molecule has 2 aromatic carbocycles. The summed E-state index contributed by atoms with van der Waals surface area (Å²) in [7, 11) is -2.97. The number of aliphatic imine (C=N–C) groups is 1. The van der Waals surface area contributed by atoms with Gasteiger partial charge in [-0.2, -0.15) is 0 Å². The first-order valence-electron chi connectivity index (χ1n) is 10.3. The Morgan fingerprint density at radius 1 is 1.03 bits per heavy atom. The molecule has 0 aromatic heterocycles. The van der Waals surface area contributed by atoms with Gasteiger partial charge in [-0.15, -0.1) is 24.0 Å². The van der Waals surface area contributed by atoms with E-state index in [0.29, 0.717) is 32.1 Å². The monoisotopic (exact) mass is 559 g/mol. The van der Waals surface area contributed by atoms with E-state index in [1.165, 1.54) is 6.26 Å². The van der Waals surface area contributed by atoms with E-state index in [4.69, 9.17) is 4.74 Å². The van der Waals surface area contributed by atoms with Crippen molar-refractivity contribution in [2.75, 3.05) is 18.6 Å². The first kappa shape index (κ1) is 27.4. The highest BCUT2D eigenvalue weighted by atomic mass is 127. The maximum Gasteiger partial charge on any atom is 0.191 e. The van der Waals surface area contributed by atoms with Crippen LogP contribution in [0.5, 0.6) is 0 Å². The second-order valence-corrected chi connectivity index (χ2v) is 9.67. The summed E-state index contributed by atoms with van der Waals surface area (Å²) in [5.41, 5.74) is 3.36. The standard InChI is InChI=1S/C23H33N3O3S.HI/c1-4-24-23(26-19(2)14-15-30(3,27)28)25-16-21-12-8-9-13-22(21)18-29-17-20-10-6-5-7-11-20;/h5-13,19H,4,14-18H2,1-3H3,(H2,24,25,26);1H. The largest absolute Gasteiger partial charge is 0.372 e. The molecule has 6 nitrogen and oxygen atoms in total. The zero-order valence-electron chi connectivity index (χ0n) is 18.5. The Kier molecular flexibility index (Phi) is 12.7. The van der Waals surface area contributed by atoms with Crippen molar-refractivity contribution in [3.63, 3.8) is 0 Å². The van der Waals surface area contributed by atoms with E-state index in [9.17, 15) is 8.42 Å². The van der Waals surface area contributed by atoms with E-state index in [-0.39, 0.29) is 35.8 Å². The molecular weight excluding hydrogens is 525 g/mol. The van der Waals surface area contributed by atoms with Crippen LogP contribution >= 0.6 is 24.0 Å². The number of rotatable bonds is 11. The van der Waals surface area contributed by atoms with Crippen molar-refractivity contribution in [1.82, 2.24) is 10.6 Å². The van der Waals surface area contributed by atoms with Gasteiger partial charge < -0.3 is 15.4 Å². The fraction of sp³-hybridized carbons (Fsp3) is 0.435. The summed E-state index contributed by atoms with van der Waals surface area (Å²) in [5, 5.41) is 6.51. The number of nitrogens with zero attached hydrogens (tertiary/aromatic N) is 1. The zero-order chi connectivity index (χ0) is 21.8. The maximum atomic E-state index is 11.4. The third-order valence-corrected chi connectivity index (χ3v) is 5.52. The lowest BCUT2D eigenvalue weighted by Gasteiger charge is -2.18. The average Bonchev–Trinajstić information content (AvgIpc) is 2.72. The maximum absolute atomic E-state index is 11.4. The van der Waals surface area contributed by atoms with Crippen LogP contribution in [0.3, 0.4) is 0 Å². The highest BCUT2D eigenvalue weighted by Gasteiger charge is 2.10. The molecule has 0 aliphatic heterocycles. The van der Waals surface area contributed by atoms with Crippen LogP contribution in [0.15, 0.2) is 59.6 Å². The quantitative estimate of drug-likeness (QED) is 0.248. The Labute approximate surface area is 203 Å². The van der Waals surface area contributed by atoms with E-state index in [2.05, 4.69) is 39.9 Å². The number of benzene rings is 2. The van der Waals surface area contributed by atoms with Crippen LogP contribution in [-0.2, 0) is 34.3 Å². The highest BCUT2D eigenvalue weighted by Crippen LogP contribution is 2.13. The van der Waals surface area contributed by atoms with E-state index < -0.39 is 9.84 Å². The summed E-state index contributed by atoms with van der Waals surface area (Å²) in [6.45, 7) is 6.30. The van der Waals surface area contributed by atoms with Crippen LogP contribution in [-0.4, -0.2) is 39.0 Å². The van der Waals surface area contributed by atoms with Crippen molar-refractivity contribution < 1.29 is 13.2 Å². The third kappa shape index (κ3) is 11.5. The second-order valence-electron chi connectivity index (χ2n) is 7.41. The Morgan fingerprint density at radius 2 is 1.68 bits per heavy atom. The van der Waals surface area contributed by atoms with Gasteiger partial charge in [-0.1, -0.05) is 54.6 Å². The van der Waals surface area contributed by atoms with Gasteiger partial charge in [0.15, 0.2) is 5.96 Å². The van der Waals surface area contributed by atoms with Crippen molar-refractivity contribution in [1.29, 1.82) is 0 Å². The minimum atomic E-state index is -2.97. The predicted octanol–water partition coefficient (Wildman–Crippen LogP) is 3.90. The zero-order valence-corrected chi connectivity index (χ0v) is 21.7. The molecule has 0 radical (unpaired) electrons. The summed E-state index contributed by atoms with van der Waals surface area (Å²) in [4.78, 5) is 4.68. The second kappa shape index (κ2) is 14.4. The molecule has 0 heterocycles. The SMILES string of the molecule is CCNC(=NCc1ccccc1COCc1ccccc1)NC(C)CCS(C)(=O)=O.I. The van der Waals surface area contributed by atoms with E-state index in [0.717, 1.165) is 23.2 Å². The lowest BCUT2D eigenvalue weighted by atomic mass is 10.1. The van der Waals surface area contributed by atoms with Crippen LogP contribution in [0.25, 0.3) is 0 Å². The Hall–Kier alpha value is -1.65. The van der Waals surface area contributed by atoms with Crippen LogP contribution in [0, 0.1) is 0 Å². The first-order valence-corrected chi connectivity index (χ1v) is 12.3. The molecule has 0 aliphatic carbocycles. The number of halogens is 1. The fourth-order valence-electron chi connectivity index (χ4n) is 2.89. The highest BCUT2D eigenvalue weighted by molar-refractivity contribution is 14.0. The summed E-state index contributed by atoms with van der Waals surface area (Å²) >= 11 is 0. The van der Waals surface area contributed by atoms with Crippen molar-refractivity contribution in [2.24, 2.45) is 4.99 Å². The number of nitrogens with one attached hydrogen (secondary N) is 2. The summed E-state index contributed by atoms with van der Waals surface area (Å²) in [5.74, 6) is 0.834. The minimum absolute atomic E-state index is 0. The number of ether oxygens (including phenoxy) is 1. The molecule has 0 spiro atoms. The molecule has 0 fully saturated rings. The van der Waals surface area contributed by atoms with Gasteiger partial charge in [-0.3, -0.25) is 0 Å². The first-order chi connectivity index (χ1) is 14.4. The number of guanidine groups is 1. The molecule has 8 heteroatoms. The molecule has 0 amide bonds. The van der Waals surface area contributed by atoms with E-state index >= 15 is 0 Å². The van der Waals surface area contributed by atoms with E-state index in [1.807, 2.05) is 44.2 Å². The average molecular weight is 560 g/mol. The van der Waals surface area contributed by atoms with Gasteiger partial charge in [0, 0.05) is 18.8 Å². The minimum Gasteiger partial charge on any atom is -0.372 e. The van der Waals surface area contributed by atoms with Crippen molar-refractivity contribution in [2.45, 2.75) is 46.1 Å². The van der Waals surface area contributed by atoms with Gasteiger partial charge in [0.05, 0.1) is 25.5 Å². The summed E-state index contributed by atoms with van der Waals surface area (Å²) in [6, 6.07) is 18.2. The Morgan fingerprint density at radius 3 is 2.32 bits per heavy atom. The topological polar surface area (TPSA) is 79.8 Å². The number of hydrogen-bond donors (Lipinski definition) is 2. The van der Waals surface area contributed by atoms with Crippen molar-refractivity contribution in [3.8, 4) is 0 Å². The van der Waals surface area contributed by atoms with Crippen LogP contribution in [0.1, 0.15) is 37.0 Å². The molecule has 2 N–H and O–H groups in total. The van der Waals surface area contributed by atoms with Gasteiger partial charge in [0.1, 0.15) is 9.84 Å². The lowest BCUT2D eigenvalue weighted by molar-refractivity contribution is 0.106. The van der Waals surface area contributed by atoms with Gasteiger partial charge in [0.2, 0.25) is 0 Å². The lowest BCUT2D eigenvalue weighted by Crippen LogP contribution is -2.42. The Balaban J connectivity index is 0.00000480. The molecule has 31 heavy (non-hydrogen) atoms. The van der Waals surface area contributed by atoms with Gasteiger partial charge in [0.25, 0.3) is 0 Å². The normalized spacial score (nSPS) is 12.7. The van der Waals surface area contributed by atoms with Crippen LogP contribution in [0.2, 0.25) is 0 Å². The molecule has 1 unspecified atom stereocenters. The van der Waals surface area contributed by atoms with Gasteiger partial charge >= 0.3 is 0 Å². The van der Waals surface area contributed by atoms with Crippen LogP contribution in [0.4, 0.5) is 0 Å². The fourth-order valence-corrected chi connectivity index (χ4v) is 3.67. The molecule has 2 aromatic rings. The van der Waals surface area contributed by atoms with Crippen molar-refractivity contribution >= 4 is 39.8 Å².